The first kappa shape index (κ1) is 107. The SMILES string of the molecule is CC(C)(C)OC(=O)N[C@H](Cc1ccc(OP(=O)(O)O)cc1)C(=O)N[C@@H](CCC(=O)NCCCOCCOCCOCCCNC(=O)CCCCN1NNN=C1C(C)(C)CCCCOc1cc(-c2ccccc2)cc(-c2ccccc2)n1)C(=O)NCCCOCCOCCOCCCNC(=O)CCCCN1NNN=C1C(C)(C)CCCCOc1cc(-c2ccccc2)cc(-c2ccccc2)n1. The Morgan fingerprint density at radius 2 is 0.785 bits per heavy atom. The van der Waals surface area contributed by atoms with Crippen LogP contribution in [0.2, 0.25) is 0 Å². The maximum absolute atomic E-state index is 14.2. The Labute approximate surface area is 794 Å². The van der Waals surface area contributed by atoms with Gasteiger partial charge in [0.25, 0.3) is 0 Å². The van der Waals surface area contributed by atoms with Crippen LogP contribution >= 0.6 is 7.82 Å². The minimum absolute atomic E-state index is 0.00609. The van der Waals surface area contributed by atoms with E-state index in [1.807, 2.05) is 94.9 Å². The third-order valence-corrected chi connectivity index (χ3v) is 22.3. The summed E-state index contributed by atoms with van der Waals surface area (Å²) in [5.41, 5.74) is 19.4. The first-order chi connectivity index (χ1) is 65.2. The van der Waals surface area contributed by atoms with Gasteiger partial charge in [-0.2, -0.15) is 0 Å². The lowest BCUT2D eigenvalue weighted by Gasteiger charge is -2.30. The van der Waals surface area contributed by atoms with Crippen LogP contribution in [0.25, 0.3) is 44.8 Å². The van der Waals surface area contributed by atoms with Crippen molar-refractivity contribution in [3.8, 4) is 62.3 Å². The fraction of sp³-hybridized carbons (Fsp3) is 0.515. The van der Waals surface area contributed by atoms with E-state index in [-0.39, 0.29) is 79.9 Å². The first-order valence-corrected chi connectivity index (χ1v) is 48.7. The Balaban J connectivity index is 0.573. The van der Waals surface area contributed by atoms with Crippen molar-refractivity contribution < 1.29 is 90.3 Å². The van der Waals surface area contributed by atoms with Crippen molar-refractivity contribution in [2.24, 2.45) is 21.0 Å². The number of aromatic nitrogens is 2. The summed E-state index contributed by atoms with van der Waals surface area (Å²) in [6.45, 7) is 21.7. The van der Waals surface area contributed by atoms with Gasteiger partial charge in [-0.1, -0.05) is 161 Å². The molecule has 5 aromatic carbocycles. The van der Waals surface area contributed by atoms with E-state index in [9.17, 15) is 43.1 Å². The van der Waals surface area contributed by atoms with Gasteiger partial charge < -0.3 is 79.1 Å². The minimum Gasteiger partial charge on any atom is -0.478 e. The Morgan fingerprint density at radius 3 is 1.19 bits per heavy atom. The van der Waals surface area contributed by atoms with Gasteiger partial charge in [0.05, 0.1) is 77.5 Å². The second kappa shape index (κ2) is 58.9. The number of phosphoric ester groups is 1. The summed E-state index contributed by atoms with van der Waals surface area (Å²) < 4.78 is 68.4. The number of amidine groups is 2. The molecule has 0 aliphatic carbocycles. The van der Waals surface area contributed by atoms with Crippen molar-refractivity contribution in [3.63, 3.8) is 0 Å². The van der Waals surface area contributed by atoms with E-state index in [0.29, 0.717) is 168 Å². The average molecular weight is 1890 g/mol. The Morgan fingerprint density at radius 1 is 0.400 bits per heavy atom. The summed E-state index contributed by atoms with van der Waals surface area (Å²) >= 11 is 0. The zero-order chi connectivity index (χ0) is 96.2. The number of phosphoric acid groups is 1. The number of hydrogen-bond donors (Lipinski definition) is 12. The summed E-state index contributed by atoms with van der Waals surface area (Å²) in [4.78, 5) is 108. The van der Waals surface area contributed by atoms with Gasteiger partial charge in [0.1, 0.15) is 35.1 Å². The van der Waals surface area contributed by atoms with E-state index in [1.54, 1.807) is 20.8 Å². The molecule has 0 bridgehead atoms. The molecule has 736 valence electrons. The van der Waals surface area contributed by atoms with Crippen molar-refractivity contribution in [1.82, 2.24) is 74.0 Å². The van der Waals surface area contributed by atoms with Crippen molar-refractivity contribution in [2.45, 2.75) is 188 Å². The first-order valence-electron chi connectivity index (χ1n) is 47.1. The number of hydrazine groups is 4. The van der Waals surface area contributed by atoms with Gasteiger partial charge >= 0.3 is 13.9 Å². The molecule has 0 unspecified atom stereocenters. The van der Waals surface area contributed by atoms with E-state index >= 15 is 0 Å². The topological polar surface area (TPSA) is 430 Å². The van der Waals surface area contributed by atoms with E-state index in [4.69, 9.17) is 52.6 Å². The van der Waals surface area contributed by atoms with Crippen LogP contribution < -0.4 is 68.0 Å². The van der Waals surface area contributed by atoms with Gasteiger partial charge in [0, 0.05) is 125 Å². The normalized spacial score (nSPS) is 13.2. The Kier molecular flexibility index (Phi) is 46.9. The van der Waals surface area contributed by atoms with Gasteiger partial charge in [-0.15, -0.1) is 21.3 Å². The van der Waals surface area contributed by atoms with E-state index in [0.717, 1.165) is 114 Å². The van der Waals surface area contributed by atoms with Gasteiger partial charge in [0.15, 0.2) is 0 Å². The van der Waals surface area contributed by atoms with Crippen molar-refractivity contribution in [1.29, 1.82) is 0 Å². The molecule has 2 aliphatic heterocycles. The molecular weight excluding hydrogens is 1750 g/mol. The lowest BCUT2D eigenvalue weighted by molar-refractivity contribution is -0.130. The van der Waals surface area contributed by atoms with E-state index in [2.05, 4.69) is 157 Å². The molecule has 135 heavy (non-hydrogen) atoms. The molecule has 2 atom stereocenters. The van der Waals surface area contributed by atoms with Crippen LogP contribution in [-0.2, 0) is 68.1 Å². The highest BCUT2D eigenvalue weighted by Gasteiger charge is 2.35. The number of hydrazone groups is 2. The number of hydrogen-bond acceptors (Lipinski definition) is 27. The summed E-state index contributed by atoms with van der Waals surface area (Å²) in [5, 5.41) is 30.2. The number of benzene rings is 5. The molecular formula is C99H141N16O19P. The number of rotatable bonds is 67. The van der Waals surface area contributed by atoms with Crippen LogP contribution in [0.1, 0.15) is 170 Å². The molecule has 0 saturated heterocycles. The molecule has 0 fully saturated rings. The Bertz CT molecular complexity index is 4670. The number of carbonyl (C=O) groups excluding carboxylic acids is 6. The maximum Gasteiger partial charge on any atom is 0.524 e. The summed E-state index contributed by atoms with van der Waals surface area (Å²) in [7, 11) is -4.87. The summed E-state index contributed by atoms with van der Waals surface area (Å²) in [6.07, 6.45) is 10.0. The van der Waals surface area contributed by atoms with Gasteiger partial charge in [-0.25, -0.2) is 30.4 Å². The average Bonchev–Trinajstić information content (AvgIpc) is 1.81. The molecule has 7 aromatic rings. The number of nitrogens with zero attached hydrogens (tertiary/aromatic N) is 6. The quantitative estimate of drug-likeness (QED) is 0.0124. The number of carbonyl (C=O) groups is 6. The summed E-state index contributed by atoms with van der Waals surface area (Å²) in [5.74, 6) is 1.16. The third kappa shape index (κ3) is 42.3. The van der Waals surface area contributed by atoms with Gasteiger partial charge in [-0.05, 0) is 169 Å². The number of alkyl carbamates (subject to hydrolysis) is 1. The highest BCUT2D eigenvalue weighted by atomic mass is 31.2. The van der Waals surface area contributed by atoms with Crippen LogP contribution in [0.4, 0.5) is 4.79 Å². The van der Waals surface area contributed by atoms with Gasteiger partial charge in [0.2, 0.25) is 41.3 Å². The minimum atomic E-state index is -4.87. The highest BCUT2D eigenvalue weighted by molar-refractivity contribution is 7.46. The molecule has 2 aliphatic rings. The monoisotopic (exact) mass is 1890 g/mol. The fourth-order valence-electron chi connectivity index (χ4n) is 14.8. The molecule has 9 rings (SSSR count). The number of pyridine rings is 2. The number of amides is 6. The zero-order valence-electron chi connectivity index (χ0n) is 79.4. The lowest BCUT2D eigenvalue weighted by atomic mass is 9.85. The molecule has 0 spiro atoms. The van der Waals surface area contributed by atoms with Crippen LogP contribution in [0.15, 0.2) is 180 Å². The molecule has 0 radical (unpaired) electrons. The van der Waals surface area contributed by atoms with E-state index < -0.39 is 43.4 Å². The second-order valence-corrected chi connectivity index (χ2v) is 36.4. The predicted molar refractivity (Wildman–Crippen MR) is 518 cm³/mol. The molecule has 0 saturated carbocycles. The van der Waals surface area contributed by atoms with Crippen molar-refractivity contribution >= 4 is 55.1 Å². The standard InChI is InChI=1S/C99H141N16O19P/c1-97(2,3)133-96(121)107-86(70-75-42-44-82(45-43-75)134-135(122,123)124)93(120)106-83(92(119)103-53-31-59-128-65-69-130-67-63-126-57-29-51-101-88(117)41-21-25-55-115-95(109-111-113-115)99(6,7)49-23-27-61-132-91-74-81(77-34-14-9-15-35-77)72-85(105-91)79-38-18-11-19-39-79)46-47-89(118)102-52-30-58-127-64-68-129-66-62-125-56-28-50-100-87(116)40-20-24-54-114-94(108-110-112-114)98(4,5)48-22-26-60-131-90-73-80(76-32-12-8-13-33-76)71-84(104-90)78-36-16-10-17-37-78/h8-19,32-39,42-45,71-74,83,86,110-113H,20-31,40-41,46-70H2,1-7H3,(H,100,116)(H,101,117)(H,102,118)(H,103,119)(H,106,120)(H,107,121)(H2,122,123,124)/t83-,86+/m0/s1. The van der Waals surface area contributed by atoms with Crippen LogP contribution in [0.3, 0.4) is 0 Å². The van der Waals surface area contributed by atoms with Crippen LogP contribution in [-0.4, -0.2) is 227 Å². The maximum atomic E-state index is 14.2. The second-order valence-electron chi connectivity index (χ2n) is 35.2. The molecule has 2 aromatic heterocycles. The molecule has 35 nitrogen and oxygen atoms in total. The Hall–Kier alpha value is -11.2. The van der Waals surface area contributed by atoms with E-state index in [1.165, 1.54) is 24.3 Å². The third-order valence-electron chi connectivity index (χ3n) is 21.8. The van der Waals surface area contributed by atoms with Crippen LogP contribution in [0, 0.1) is 10.8 Å². The lowest BCUT2D eigenvalue weighted by Crippen LogP contribution is -2.55. The van der Waals surface area contributed by atoms with Crippen LogP contribution in [0.5, 0.6) is 17.5 Å². The predicted octanol–water partition coefficient (Wildman–Crippen LogP) is 12.6. The molecule has 6 amide bonds. The number of nitrogens with one attached hydrogen (secondary N) is 10. The highest BCUT2D eigenvalue weighted by Crippen LogP contribution is 2.38. The zero-order valence-corrected chi connectivity index (χ0v) is 80.3. The number of ether oxygens (including phenoxy) is 9. The molecule has 4 heterocycles. The summed E-state index contributed by atoms with van der Waals surface area (Å²) in [6, 6.07) is 51.9. The van der Waals surface area contributed by atoms with Crippen molar-refractivity contribution in [2.75, 3.05) is 132 Å². The van der Waals surface area contributed by atoms with Gasteiger partial charge in [-0.3, -0.25) is 43.8 Å². The fourth-order valence-corrected chi connectivity index (χ4v) is 15.1. The number of unbranched alkanes of at least 4 members (excludes halogenated alkanes) is 4. The van der Waals surface area contributed by atoms with Crippen molar-refractivity contribution in [3.05, 3.63) is 175 Å². The molecule has 12 N–H and O–H groups in total. The molecule has 36 heteroatoms. The smallest absolute Gasteiger partial charge is 0.478 e. The largest absolute Gasteiger partial charge is 0.524 e.